The van der Waals surface area contributed by atoms with E-state index in [-0.39, 0.29) is 37.1 Å². The van der Waals surface area contributed by atoms with Crippen LogP contribution in [-0.2, 0) is 16.0 Å². The number of Topliss-reactive ketones (excluding diaryl/α,β-unsaturated/α-hetero) is 1. The van der Waals surface area contributed by atoms with Crippen LogP contribution >= 0.6 is 0 Å². The third kappa shape index (κ3) is 5.39. The summed E-state index contributed by atoms with van der Waals surface area (Å²) < 4.78 is 5.24. The highest BCUT2D eigenvalue weighted by Gasteiger charge is 2.20. The van der Waals surface area contributed by atoms with E-state index in [1.54, 1.807) is 18.2 Å². The standard InChI is InChI=1S/C17H23NO5/c1-11(2)18(8-7-17(21)22)16(20)10-14-9-13(12(3)19)5-6-15(14)23-4/h5-6,9,11H,7-8,10H2,1-4H3,(H,21,22). The predicted molar refractivity (Wildman–Crippen MR) is 85.8 cm³/mol. The number of rotatable bonds is 8. The molecule has 0 aliphatic carbocycles. The summed E-state index contributed by atoms with van der Waals surface area (Å²) in [7, 11) is 1.50. The second-order valence-corrected chi connectivity index (χ2v) is 5.58. The zero-order chi connectivity index (χ0) is 17.6. The molecule has 23 heavy (non-hydrogen) atoms. The lowest BCUT2D eigenvalue weighted by molar-refractivity contribution is -0.139. The lowest BCUT2D eigenvalue weighted by Gasteiger charge is -2.26. The molecule has 0 aromatic heterocycles. The average molecular weight is 321 g/mol. The van der Waals surface area contributed by atoms with E-state index in [9.17, 15) is 14.4 Å². The Hall–Kier alpha value is -2.37. The summed E-state index contributed by atoms with van der Waals surface area (Å²) >= 11 is 0. The number of carboxylic acids is 1. The molecule has 1 N–H and O–H groups in total. The van der Waals surface area contributed by atoms with E-state index >= 15 is 0 Å². The molecule has 0 saturated carbocycles. The number of benzene rings is 1. The largest absolute Gasteiger partial charge is 0.496 e. The number of hydrogen-bond donors (Lipinski definition) is 1. The molecule has 0 atom stereocenters. The molecule has 1 aromatic carbocycles. The average Bonchev–Trinajstić information content (AvgIpc) is 2.46. The summed E-state index contributed by atoms with van der Waals surface area (Å²) in [6.07, 6.45) is -0.0450. The maximum atomic E-state index is 12.5. The molecule has 0 unspecified atom stereocenters. The Labute approximate surface area is 136 Å². The van der Waals surface area contributed by atoms with Crippen LogP contribution in [0.5, 0.6) is 5.75 Å². The van der Waals surface area contributed by atoms with E-state index in [0.29, 0.717) is 16.9 Å². The summed E-state index contributed by atoms with van der Waals surface area (Å²) in [5, 5.41) is 8.80. The third-order valence-electron chi connectivity index (χ3n) is 3.54. The molecule has 6 nitrogen and oxygen atoms in total. The molecule has 0 saturated heterocycles. The molecule has 6 heteroatoms. The summed E-state index contributed by atoms with van der Waals surface area (Å²) in [4.78, 5) is 36.3. The minimum Gasteiger partial charge on any atom is -0.496 e. The lowest BCUT2D eigenvalue weighted by Crippen LogP contribution is -2.39. The van der Waals surface area contributed by atoms with Crippen molar-refractivity contribution in [3.05, 3.63) is 29.3 Å². The van der Waals surface area contributed by atoms with Gasteiger partial charge in [0, 0.05) is 23.7 Å². The number of carbonyl (C=O) groups excluding carboxylic acids is 2. The molecule has 1 aromatic rings. The second-order valence-electron chi connectivity index (χ2n) is 5.58. The number of nitrogens with zero attached hydrogens (tertiary/aromatic N) is 1. The fraction of sp³-hybridized carbons (Fsp3) is 0.471. The van der Waals surface area contributed by atoms with Gasteiger partial charge in [-0.15, -0.1) is 0 Å². The Bertz CT molecular complexity index is 595. The molecule has 0 bridgehead atoms. The number of ether oxygens (including phenoxy) is 1. The zero-order valence-corrected chi connectivity index (χ0v) is 14.0. The van der Waals surface area contributed by atoms with Crippen LogP contribution < -0.4 is 4.74 Å². The van der Waals surface area contributed by atoms with Gasteiger partial charge < -0.3 is 14.7 Å². The highest BCUT2D eigenvalue weighted by Crippen LogP contribution is 2.22. The van der Waals surface area contributed by atoms with E-state index < -0.39 is 5.97 Å². The first-order valence-corrected chi connectivity index (χ1v) is 7.45. The number of aliphatic carboxylic acids is 1. The van der Waals surface area contributed by atoms with Gasteiger partial charge in [-0.25, -0.2) is 0 Å². The number of amides is 1. The van der Waals surface area contributed by atoms with Crippen LogP contribution in [0.3, 0.4) is 0 Å². The Kier molecular flexibility index (Phi) is 6.75. The topological polar surface area (TPSA) is 83.9 Å². The van der Waals surface area contributed by atoms with E-state index in [0.717, 1.165) is 0 Å². The summed E-state index contributed by atoms with van der Waals surface area (Å²) in [6, 6.07) is 4.86. The van der Waals surface area contributed by atoms with Crippen molar-refractivity contribution in [3.8, 4) is 5.75 Å². The number of carboxylic acid groups (broad SMARTS) is 1. The maximum absolute atomic E-state index is 12.5. The van der Waals surface area contributed by atoms with E-state index in [4.69, 9.17) is 9.84 Å². The number of carbonyl (C=O) groups is 3. The molecule has 0 aliphatic rings. The van der Waals surface area contributed by atoms with Crippen LogP contribution in [0.4, 0.5) is 0 Å². The van der Waals surface area contributed by atoms with Crippen molar-refractivity contribution >= 4 is 17.7 Å². The fourth-order valence-corrected chi connectivity index (χ4v) is 2.29. The molecular weight excluding hydrogens is 298 g/mol. The molecule has 126 valence electrons. The van der Waals surface area contributed by atoms with Gasteiger partial charge in [0.2, 0.25) is 5.91 Å². The molecule has 1 amide bonds. The van der Waals surface area contributed by atoms with Crippen LogP contribution in [0, 0.1) is 0 Å². The maximum Gasteiger partial charge on any atom is 0.305 e. The van der Waals surface area contributed by atoms with E-state index in [2.05, 4.69) is 0 Å². The number of hydrogen-bond acceptors (Lipinski definition) is 4. The Morgan fingerprint density at radius 2 is 1.91 bits per heavy atom. The molecule has 0 aliphatic heterocycles. The molecule has 0 heterocycles. The highest BCUT2D eigenvalue weighted by atomic mass is 16.5. The van der Waals surface area contributed by atoms with Crippen LogP contribution in [-0.4, -0.2) is 47.4 Å². The number of ketones is 1. The van der Waals surface area contributed by atoms with E-state index in [1.165, 1.54) is 18.9 Å². The van der Waals surface area contributed by atoms with Crippen LogP contribution in [0.15, 0.2) is 18.2 Å². The van der Waals surface area contributed by atoms with Gasteiger partial charge in [-0.2, -0.15) is 0 Å². The first-order chi connectivity index (χ1) is 10.8. The monoisotopic (exact) mass is 321 g/mol. The predicted octanol–water partition coefficient (Wildman–Crippen LogP) is 2.15. The molecule has 0 spiro atoms. The Morgan fingerprint density at radius 1 is 1.26 bits per heavy atom. The van der Waals surface area contributed by atoms with Crippen molar-refractivity contribution in [2.75, 3.05) is 13.7 Å². The van der Waals surface area contributed by atoms with Crippen molar-refractivity contribution < 1.29 is 24.2 Å². The van der Waals surface area contributed by atoms with Crippen LogP contribution in [0.25, 0.3) is 0 Å². The first kappa shape index (κ1) is 18.7. The molecule has 0 radical (unpaired) electrons. The second kappa shape index (κ2) is 8.31. The molecular formula is C17H23NO5. The minimum atomic E-state index is -0.945. The zero-order valence-electron chi connectivity index (χ0n) is 14.0. The Balaban J connectivity index is 2.98. The minimum absolute atomic E-state index is 0.0576. The first-order valence-electron chi connectivity index (χ1n) is 7.45. The fourth-order valence-electron chi connectivity index (χ4n) is 2.29. The SMILES string of the molecule is COc1ccc(C(C)=O)cc1CC(=O)N(CCC(=O)O)C(C)C. The Morgan fingerprint density at radius 3 is 2.39 bits per heavy atom. The van der Waals surface area contributed by atoms with Gasteiger partial charge in [0.05, 0.1) is 20.0 Å². The number of methoxy groups -OCH3 is 1. The van der Waals surface area contributed by atoms with Gasteiger partial charge >= 0.3 is 5.97 Å². The van der Waals surface area contributed by atoms with E-state index in [1.807, 2.05) is 13.8 Å². The lowest BCUT2D eigenvalue weighted by atomic mass is 10.0. The van der Waals surface area contributed by atoms with Crippen molar-refractivity contribution in [2.24, 2.45) is 0 Å². The normalized spacial score (nSPS) is 10.5. The van der Waals surface area contributed by atoms with Crippen molar-refractivity contribution in [1.29, 1.82) is 0 Å². The van der Waals surface area contributed by atoms with Gasteiger partial charge in [0.1, 0.15) is 5.75 Å². The summed E-state index contributed by atoms with van der Waals surface area (Å²) in [5.41, 5.74) is 1.13. The van der Waals surface area contributed by atoms with Gasteiger partial charge in [-0.1, -0.05) is 0 Å². The smallest absolute Gasteiger partial charge is 0.305 e. The van der Waals surface area contributed by atoms with Gasteiger partial charge in [0.25, 0.3) is 0 Å². The third-order valence-corrected chi connectivity index (χ3v) is 3.54. The summed E-state index contributed by atoms with van der Waals surface area (Å²) in [6.45, 7) is 5.28. The molecule has 0 fully saturated rings. The van der Waals surface area contributed by atoms with Crippen LogP contribution in [0.1, 0.15) is 43.1 Å². The van der Waals surface area contributed by atoms with Gasteiger partial charge in [-0.05, 0) is 39.0 Å². The van der Waals surface area contributed by atoms with Crippen molar-refractivity contribution in [3.63, 3.8) is 0 Å². The highest BCUT2D eigenvalue weighted by molar-refractivity contribution is 5.94. The van der Waals surface area contributed by atoms with Crippen molar-refractivity contribution in [1.82, 2.24) is 4.90 Å². The quantitative estimate of drug-likeness (QED) is 0.742. The van der Waals surface area contributed by atoms with Crippen LogP contribution in [0.2, 0.25) is 0 Å². The van der Waals surface area contributed by atoms with Gasteiger partial charge in [0.15, 0.2) is 5.78 Å². The molecule has 1 rings (SSSR count). The van der Waals surface area contributed by atoms with Gasteiger partial charge in [-0.3, -0.25) is 14.4 Å². The summed E-state index contributed by atoms with van der Waals surface area (Å²) in [5.74, 6) is -0.696. The van der Waals surface area contributed by atoms with Crippen molar-refractivity contribution in [2.45, 2.75) is 39.7 Å².